The lowest BCUT2D eigenvalue weighted by molar-refractivity contribution is -0.113. The minimum absolute atomic E-state index is 0.0224. The van der Waals surface area contributed by atoms with Gasteiger partial charge in [-0.1, -0.05) is 47.6 Å². The molecule has 0 bridgehead atoms. The van der Waals surface area contributed by atoms with Gasteiger partial charge in [-0.05, 0) is 68.8 Å². The molecule has 0 fully saturated rings. The van der Waals surface area contributed by atoms with Crippen molar-refractivity contribution in [3.63, 3.8) is 0 Å². The number of ether oxygens (including phenoxy) is 3. The number of thioether (sulfide) groups is 1. The topological polar surface area (TPSA) is 105 Å². The second kappa shape index (κ2) is 13.4. The van der Waals surface area contributed by atoms with Crippen LogP contribution < -0.4 is 14.8 Å². The third kappa shape index (κ3) is 7.34. The molecule has 3 aromatic carbocycles. The van der Waals surface area contributed by atoms with Gasteiger partial charge in [-0.15, -0.1) is 10.2 Å². The van der Waals surface area contributed by atoms with E-state index in [9.17, 15) is 9.59 Å². The predicted molar refractivity (Wildman–Crippen MR) is 155 cm³/mol. The molecule has 1 heterocycles. The molecule has 0 saturated heterocycles. The molecule has 9 nitrogen and oxygen atoms in total. The average molecular weight is 581 g/mol. The number of amides is 1. The van der Waals surface area contributed by atoms with Crippen LogP contribution in [0.15, 0.2) is 71.9 Å². The number of esters is 1. The summed E-state index contributed by atoms with van der Waals surface area (Å²) in [7, 11) is 1.59. The number of carbonyl (C=O) groups is 2. The summed E-state index contributed by atoms with van der Waals surface area (Å²) < 4.78 is 18.5. The van der Waals surface area contributed by atoms with Gasteiger partial charge in [0.05, 0.1) is 35.2 Å². The van der Waals surface area contributed by atoms with Crippen molar-refractivity contribution in [1.82, 2.24) is 14.8 Å². The van der Waals surface area contributed by atoms with E-state index in [2.05, 4.69) is 15.5 Å². The van der Waals surface area contributed by atoms with Gasteiger partial charge >= 0.3 is 5.97 Å². The molecule has 0 saturated carbocycles. The maximum Gasteiger partial charge on any atom is 0.338 e. The SMILES string of the molecule is COc1cc(C)ccc1OCc1nnc(SCC(=O)Nc2cc(C(=O)OC(C)C)ccc2Cl)n1-c1ccccc1. The summed E-state index contributed by atoms with van der Waals surface area (Å²) in [6.45, 7) is 5.63. The first-order chi connectivity index (χ1) is 19.2. The first-order valence-corrected chi connectivity index (χ1v) is 13.8. The summed E-state index contributed by atoms with van der Waals surface area (Å²) in [5.41, 5.74) is 2.48. The van der Waals surface area contributed by atoms with Gasteiger partial charge in [0.25, 0.3) is 0 Å². The zero-order valence-electron chi connectivity index (χ0n) is 22.5. The highest BCUT2D eigenvalue weighted by Crippen LogP contribution is 2.30. The lowest BCUT2D eigenvalue weighted by Crippen LogP contribution is -2.16. The highest BCUT2D eigenvalue weighted by atomic mass is 35.5. The molecule has 1 amide bonds. The van der Waals surface area contributed by atoms with Crippen molar-refractivity contribution in [2.45, 2.75) is 38.6 Å². The summed E-state index contributed by atoms with van der Waals surface area (Å²) in [5, 5.41) is 12.2. The average Bonchev–Trinajstić information content (AvgIpc) is 3.35. The Balaban J connectivity index is 1.49. The van der Waals surface area contributed by atoms with Gasteiger partial charge in [0.15, 0.2) is 22.5 Å². The van der Waals surface area contributed by atoms with Gasteiger partial charge in [0.1, 0.15) is 6.61 Å². The van der Waals surface area contributed by atoms with Gasteiger partial charge < -0.3 is 19.5 Å². The number of hydrogen-bond acceptors (Lipinski definition) is 8. The summed E-state index contributed by atoms with van der Waals surface area (Å²) in [6.07, 6.45) is -0.270. The van der Waals surface area contributed by atoms with Crippen LogP contribution in [0.4, 0.5) is 5.69 Å². The molecule has 0 aliphatic rings. The van der Waals surface area contributed by atoms with Crippen LogP contribution in [0.25, 0.3) is 5.69 Å². The Morgan fingerprint density at radius 2 is 1.80 bits per heavy atom. The fourth-order valence-electron chi connectivity index (χ4n) is 3.71. The van der Waals surface area contributed by atoms with E-state index in [1.807, 2.05) is 60.0 Å². The molecule has 0 aliphatic heterocycles. The molecule has 4 rings (SSSR count). The van der Waals surface area contributed by atoms with E-state index in [0.29, 0.717) is 38.8 Å². The van der Waals surface area contributed by atoms with Crippen LogP contribution in [0.2, 0.25) is 5.02 Å². The standard InChI is InChI=1S/C29H29ClN4O5S/c1-18(2)39-28(36)20-11-12-22(30)23(15-20)31-27(35)17-40-29-33-32-26(34(29)21-8-6-5-7-9-21)16-38-24-13-10-19(3)14-25(24)37-4/h5-15,18H,16-17H2,1-4H3,(H,31,35). The molecule has 0 aliphatic carbocycles. The molecule has 40 heavy (non-hydrogen) atoms. The van der Waals surface area contributed by atoms with Crippen molar-refractivity contribution in [3.05, 3.63) is 88.7 Å². The third-order valence-electron chi connectivity index (χ3n) is 5.54. The fourth-order valence-corrected chi connectivity index (χ4v) is 4.64. The molecule has 4 aromatic rings. The zero-order chi connectivity index (χ0) is 28.6. The molecule has 1 N–H and O–H groups in total. The van der Waals surface area contributed by atoms with Crippen molar-refractivity contribution in [2.75, 3.05) is 18.2 Å². The number of hydrogen-bond donors (Lipinski definition) is 1. The normalized spacial score (nSPS) is 10.8. The first-order valence-electron chi connectivity index (χ1n) is 12.5. The number of anilines is 1. The van der Waals surface area contributed by atoms with E-state index in [0.717, 1.165) is 11.3 Å². The Morgan fingerprint density at radius 3 is 2.52 bits per heavy atom. The number of aryl methyl sites for hydroxylation is 1. The minimum atomic E-state index is -0.495. The Labute approximate surface area is 241 Å². The molecule has 208 valence electrons. The number of nitrogens with one attached hydrogen (secondary N) is 1. The molecule has 1 aromatic heterocycles. The number of carbonyl (C=O) groups excluding carboxylic acids is 2. The van der Waals surface area contributed by atoms with E-state index in [1.54, 1.807) is 33.1 Å². The largest absolute Gasteiger partial charge is 0.493 e. The Kier molecular flexibility index (Phi) is 9.68. The number of aromatic nitrogens is 3. The van der Waals surface area contributed by atoms with E-state index in [4.69, 9.17) is 25.8 Å². The lowest BCUT2D eigenvalue weighted by atomic mass is 10.2. The first kappa shape index (κ1) is 29.0. The zero-order valence-corrected chi connectivity index (χ0v) is 24.1. The van der Waals surface area contributed by atoms with Crippen molar-refractivity contribution in [1.29, 1.82) is 0 Å². The molecule has 0 atom stereocenters. The van der Waals surface area contributed by atoms with E-state index in [-0.39, 0.29) is 24.4 Å². The second-order valence-corrected chi connectivity index (χ2v) is 10.3. The lowest BCUT2D eigenvalue weighted by Gasteiger charge is -2.13. The Morgan fingerprint density at radius 1 is 1.02 bits per heavy atom. The monoisotopic (exact) mass is 580 g/mol. The summed E-state index contributed by atoms with van der Waals surface area (Å²) in [5.74, 6) is 0.958. The van der Waals surface area contributed by atoms with Gasteiger partial charge in [-0.3, -0.25) is 9.36 Å². The molecular formula is C29H29ClN4O5S. The van der Waals surface area contributed by atoms with Crippen molar-refractivity contribution in [3.8, 4) is 17.2 Å². The molecule has 0 radical (unpaired) electrons. The molecule has 0 unspecified atom stereocenters. The van der Waals surface area contributed by atoms with Crippen molar-refractivity contribution >= 4 is 40.9 Å². The smallest absolute Gasteiger partial charge is 0.338 e. The molecule has 0 spiro atoms. The van der Waals surface area contributed by atoms with E-state index in [1.165, 1.54) is 17.8 Å². The summed E-state index contributed by atoms with van der Waals surface area (Å²) in [4.78, 5) is 25.1. The van der Waals surface area contributed by atoms with Gasteiger partial charge in [0.2, 0.25) is 5.91 Å². The second-order valence-electron chi connectivity index (χ2n) is 9.00. The van der Waals surface area contributed by atoms with Crippen LogP contribution in [-0.4, -0.2) is 45.6 Å². The van der Waals surface area contributed by atoms with Gasteiger partial charge in [-0.2, -0.15) is 0 Å². The number of benzene rings is 3. The highest BCUT2D eigenvalue weighted by molar-refractivity contribution is 7.99. The van der Waals surface area contributed by atoms with E-state index < -0.39 is 5.97 Å². The number of rotatable bonds is 11. The number of halogens is 1. The highest BCUT2D eigenvalue weighted by Gasteiger charge is 2.18. The fraction of sp³-hybridized carbons (Fsp3) is 0.241. The molecule has 11 heteroatoms. The van der Waals surface area contributed by atoms with Crippen LogP contribution >= 0.6 is 23.4 Å². The Hall–Kier alpha value is -4.02. The maximum absolute atomic E-state index is 12.9. The Bertz CT molecular complexity index is 1490. The quantitative estimate of drug-likeness (QED) is 0.167. The number of methoxy groups -OCH3 is 1. The minimum Gasteiger partial charge on any atom is -0.493 e. The maximum atomic E-state index is 12.9. The summed E-state index contributed by atoms with van der Waals surface area (Å²) >= 11 is 7.48. The van der Waals surface area contributed by atoms with Crippen LogP contribution in [0.3, 0.4) is 0 Å². The van der Waals surface area contributed by atoms with Gasteiger partial charge in [-0.25, -0.2) is 4.79 Å². The summed E-state index contributed by atoms with van der Waals surface area (Å²) in [6, 6.07) is 19.8. The predicted octanol–water partition coefficient (Wildman–Crippen LogP) is 6.11. The van der Waals surface area contributed by atoms with Gasteiger partial charge in [0, 0.05) is 5.69 Å². The third-order valence-corrected chi connectivity index (χ3v) is 6.80. The van der Waals surface area contributed by atoms with Crippen molar-refractivity contribution in [2.24, 2.45) is 0 Å². The van der Waals surface area contributed by atoms with Crippen LogP contribution in [0.5, 0.6) is 11.5 Å². The number of para-hydroxylation sites is 1. The van der Waals surface area contributed by atoms with E-state index >= 15 is 0 Å². The van der Waals surface area contributed by atoms with Crippen LogP contribution in [0, 0.1) is 6.92 Å². The number of nitrogens with zero attached hydrogens (tertiary/aromatic N) is 3. The molecular weight excluding hydrogens is 552 g/mol. The van der Waals surface area contributed by atoms with Crippen LogP contribution in [0.1, 0.15) is 35.6 Å². The van der Waals surface area contributed by atoms with Crippen LogP contribution in [-0.2, 0) is 16.1 Å². The van der Waals surface area contributed by atoms with Crippen molar-refractivity contribution < 1.29 is 23.8 Å².